The number of amides is 2. The van der Waals surface area contributed by atoms with E-state index in [9.17, 15) is 9.59 Å². The summed E-state index contributed by atoms with van der Waals surface area (Å²) in [4.78, 5) is 20.9. The number of rotatable bonds is 1. The number of primary amides is 1. The maximum absolute atomic E-state index is 10.6. The molecule has 1 aromatic rings. The first-order valence-electron chi connectivity index (χ1n) is 2.83. The highest BCUT2D eigenvalue weighted by atomic mass is 32.1. The highest BCUT2D eigenvalue weighted by Gasteiger charge is 2.07. The Morgan fingerprint density at radius 1 is 1.55 bits per heavy atom. The van der Waals surface area contributed by atoms with E-state index in [1.807, 2.05) is 0 Å². The highest BCUT2D eigenvalue weighted by molar-refractivity contribution is 7.08. The molecular weight excluding hydrogens is 164 g/mol. The lowest BCUT2D eigenvalue weighted by atomic mass is 10.5. The van der Waals surface area contributed by atoms with Gasteiger partial charge >= 0.3 is 11.8 Å². The predicted molar refractivity (Wildman–Crippen MR) is 42.1 cm³/mol. The van der Waals surface area contributed by atoms with E-state index in [-0.39, 0.29) is 0 Å². The molecule has 11 heavy (non-hydrogen) atoms. The average molecular weight is 170 g/mol. The molecule has 3 N–H and O–H groups in total. The van der Waals surface area contributed by atoms with Crippen LogP contribution in [-0.4, -0.2) is 11.8 Å². The van der Waals surface area contributed by atoms with Crippen molar-refractivity contribution in [2.75, 3.05) is 5.32 Å². The highest BCUT2D eigenvalue weighted by Crippen LogP contribution is 2.10. The fraction of sp³-hybridized carbons (Fsp3) is 0. The van der Waals surface area contributed by atoms with E-state index < -0.39 is 11.8 Å². The predicted octanol–water partition coefficient (Wildman–Crippen LogP) is 0.172. The third-order valence-electron chi connectivity index (χ3n) is 1.00. The van der Waals surface area contributed by atoms with Gasteiger partial charge in [-0.1, -0.05) is 0 Å². The minimum Gasteiger partial charge on any atom is -0.361 e. The number of thiophene rings is 1. The molecule has 0 fully saturated rings. The van der Waals surface area contributed by atoms with Crippen LogP contribution in [0.3, 0.4) is 0 Å². The van der Waals surface area contributed by atoms with Crippen molar-refractivity contribution < 1.29 is 9.59 Å². The quantitative estimate of drug-likeness (QED) is 0.590. The summed E-state index contributed by atoms with van der Waals surface area (Å²) in [6.45, 7) is 0. The second-order valence-electron chi connectivity index (χ2n) is 1.83. The number of carbonyl (C=O) groups is 2. The van der Waals surface area contributed by atoms with Crippen LogP contribution in [0.4, 0.5) is 5.69 Å². The van der Waals surface area contributed by atoms with Crippen LogP contribution in [0.15, 0.2) is 16.8 Å². The molecule has 0 saturated carbocycles. The van der Waals surface area contributed by atoms with Gasteiger partial charge in [0.05, 0.1) is 5.69 Å². The molecule has 0 saturated heterocycles. The van der Waals surface area contributed by atoms with Crippen LogP contribution in [0.25, 0.3) is 0 Å². The van der Waals surface area contributed by atoms with E-state index in [1.54, 1.807) is 16.8 Å². The van der Waals surface area contributed by atoms with Gasteiger partial charge in [-0.15, -0.1) is 0 Å². The molecule has 4 nitrogen and oxygen atoms in total. The standard InChI is InChI=1S/C6H6N2O2S/c7-5(9)6(10)8-4-1-2-11-3-4/h1-3H,(H2,7,9)(H,8,10). The second-order valence-corrected chi connectivity index (χ2v) is 2.61. The molecule has 0 radical (unpaired) electrons. The van der Waals surface area contributed by atoms with Crippen molar-refractivity contribution in [3.63, 3.8) is 0 Å². The van der Waals surface area contributed by atoms with Crippen molar-refractivity contribution in [1.29, 1.82) is 0 Å². The fourth-order valence-corrected chi connectivity index (χ4v) is 1.12. The lowest BCUT2D eigenvalue weighted by Gasteiger charge is -1.95. The number of nitrogens with one attached hydrogen (secondary N) is 1. The van der Waals surface area contributed by atoms with Gasteiger partial charge in [-0.25, -0.2) is 0 Å². The van der Waals surface area contributed by atoms with E-state index in [4.69, 9.17) is 5.73 Å². The smallest absolute Gasteiger partial charge is 0.313 e. The molecular formula is C6H6N2O2S. The number of carbonyl (C=O) groups excluding carboxylic acids is 2. The summed E-state index contributed by atoms with van der Waals surface area (Å²) in [5.41, 5.74) is 5.30. The van der Waals surface area contributed by atoms with E-state index in [2.05, 4.69) is 5.32 Å². The van der Waals surface area contributed by atoms with Crippen LogP contribution in [0.2, 0.25) is 0 Å². The molecule has 0 bridgehead atoms. The van der Waals surface area contributed by atoms with Crippen LogP contribution < -0.4 is 11.1 Å². The van der Waals surface area contributed by atoms with Gasteiger partial charge in [-0.3, -0.25) is 9.59 Å². The van der Waals surface area contributed by atoms with Crippen molar-refractivity contribution in [2.45, 2.75) is 0 Å². The molecule has 0 aliphatic carbocycles. The molecule has 1 heterocycles. The molecule has 1 rings (SSSR count). The molecule has 0 atom stereocenters. The third kappa shape index (κ3) is 2.05. The van der Waals surface area contributed by atoms with E-state index in [0.717, 1.165) is 0 Å². The largest absolute Gasteiger partial charge is 0.361 e. The molecule has 0 aliphatic rings. The molecule has 5 heteroatoms. The average Bonchev–Trinajstić information content (AvgIpc) is 2.39. The van der Waals surface area contributed by atoms with Crippen LogP contribution in [0.5, 0.6) is 0 Å². The van der Waals surface area contributed by atoms with Gasteiger partial charge in [0, 0.05) is 5.38 Å². The van der Waals surface area contributed by atoms with Crippen LogP contribution >= 0.6 is 11.3 Å². The van der Waals surface area contributed by atoms with Crippen molar-refractivity contribution in [3.05, 3.63) is 16.8 Å². The fourth-order valence-electron chi connectivity index (χ4n) is 0.528. The molecule has 0 aromatic carbocycles. The number of hydrogen-bond acceptors (Lipinski definition) is 3. The summed E-state index contributed by atoms with van der Waals surface area (Å²) in [6.07, 6.45) is 0. The molecule has 1 aromatic heterocycles. The van der Waals surface area contributed by atoms with E-state index >= 15 is 0 Å². The SMILES string of the molecule is NC(=O)C(=O)Nc1ccsc1. The minimum atomic E-state index is -0.976. The lowest BCUT2D eigenvalue weighted by molar-refractivity contribution is -0.134. The summed E-state index contributed by atoms with van der Waals surface area (Å²) < 4.78 is 0. The Kier molecular flexibility index (Phi) is 2.22. The maximum atomic E-state index is 10.6. The molecule has 58 valence electrons. The normalized spacial score (nSPS) is 9.09. The van der Waals surface area contributed by atoms with Crippen LogP contribution in [0.1, 0.15) is 0 Å². The topological polar surface area (TPSA) is 72.2 Å². The van der Waals surface area contributed by atoms with Crippen molar-refractivity contribution in [3.8, 4) is 0 Å². The van der Waals surface area contributed by atoms with Crippen molar-refractivity contribution >= 4 is 28.8 Å². The van der Waals surface area contributed by atoms with Gasteiger partial charge in [0.2, 0.25) is 0 Å². The third-order valence-corrected chi connectivity index (χ3v) is 1.69. The van der Waals surface area contributed by atoms with Gasteiger partial charge in [0.25, 0.3) is 0 Å². The Balaban J connectivity index is 2.57. The zero-order chi connectivity index (χ0) is 8.27. The molecule has 0 aliphatic heterocycles. The Morgan fingerprint density at radius 2 is 2.27 bits per heavy atom. The second kappa shape index (κ2) is 3.16. The first-order valence-corrected chi connectivity index (χ1v) is 3.77. The first kappa shape index (κ1) is 7.74. The van der Waals surface area contributed by atoms with Crippen molar-refractivity contribution in [1.82, 2.24) is 0 Å². The maximum Gasteiger partial charge on any atom is 0.313 e. The Morgan fingerprint density at radius 3 is 2.73 bits per heavy atom. The first-order chi connectivity index (χ1) is 5.20. The number of nitrogens with two attached hydrogens (primary N) is 1. The summed E-state index contributed by atoms with van der Waals surface area (Å²) in [6, 6.07) is 1.69. The van der Waals surface area contributed by atoms with Crippen molar-refractivity contribution in [2.24, 2.45) is 5.73 Å². The summed E-state index contributed by atoms with van der Waals surface area (Å²) >= 11 is 1.43. The van der Waals surface area contributed by atoms with Crippen LogP contribution in [-0.2, 0) is 9.59 Å². The Labute approximate surface area is 67.0 Å². The zero-order valence-electron chi connectivity index (χ0n) is 5.53. The number of anilines is 1. The minimum absolute atomic E-state index is 0.596. The van der Waals surface area contributed by atoms with Gasteiger partial charge in [-0.05, 0) is 11.4 Å². The van der Waals surface area contributed by atoms with Crippen LogP contribution in [0, 0.1) is 0 Å². The van der Waals surface area contributed by atoms with E-state index in [0.29, 0.717) is 5.69 Å². The van der Waals surface area contributed by atoms with E-state index in [1.165, 1.54) is 11.3 Å². The molecule has 2 amide bonds. The summed E-state index contributed by atoms with van der Waals surface area (Å²) in [7, 11) is 0. The number of hydrogen-bond donors (Lipinski definition) is 2. The van der Waals surface area contributed by atoms with Gasteiger partial charge in [0.15, 0.2) is 0 Å². The Bertz CT molecular complexity index is 268. The summed E-state index contributed by atoms with van der Waals surface area (Å²) in [5, 5.41) is 5.82. The molecule has 0 unspecified atom stereocenters. The Hall–Kier alpha value is -1.36. The molecule has 0 spiro atoms. The monoisotopic (exact) mass is 170 g/mol. The summed E-state index contributed by atoms with van der Waals surface area (Å²) in [5.74, 6) is -1.76. The van der Waals surface area contributed by atoms with Gasteiger partial charge in [-0.2, -0.15) is 11.3 Å². The van der Waals surface area contributed by atoms with Gasteiger partial charge in [0.1, 0.15) is 0 Å². The zero-order valence-corrected chi connectivity index (χ0v) is 6.35. The van der Waals surface area contributed by atoms with Gasteiger partial charge < -0.3 is 11.1 Å². The lowest BCUT2D eigenvalue weighted by Crippen LogP contribution is -2.29.